The van der Waals surface area contributed by atoms with E-state index in [0.29, 0.717) is 0 Å². The zero-order valence-electron chi connectivity index (χ0n) is 9.05. The summed E-state index contributed by atoms with van der Waals surface area (Å²) in [5, 5.41) is 1.36. The van der Waals surface area contributed by atoms with Gasteiger partial charge in [0, 0.05) is 17.4 Å². The van der Waals surface area contributed by atoms with Gasteiger partial charge in [0.25, 0.3) is 0 Å². The van der Waals surface area contributed by atoms with Crippen LogP contribution in [0.25, 0.3) is 10.9 Å². The van der Waals surface area contributed by atoms with E-state index in [-0.39, 0.29) is 0 Å². The van der Waals surface area contributed by atoms with Gasteiger partial charge in [-0.1, -0.05) is 18.2 Å². The van der Waals surface area contributed by atoms with Crippen molar-refractivity contribution in [2.75, 3.05) is 20.6 Å². The molecule has 2 rings (SSSR count). The Morgan fingerprint density at radius 2 is 2.00 bits per heavy atom. The largest absolute Gasteiger partial charge is 0.350 e. The molecule has 3 heteroatoms. The molecule has 0 amide bonds. The van der Waals surface area contributed by atoms with Crippen molar-refractivity contribution in [1.82, 2.24) is 9.88 Å². The molecule has 15 heavy (non-hydrogen) atoms. The lowest BCUT2D eigenvalue weighted by Crippen LogP contribution is -2.15. The molecule has 1 aromatic carbocycles. The molecule has 0 atom stereocenters. The van der Waals surface area contributed by atoms with Crippen LogP contribution in [-0.4, -0.2) is 30.5 Å². The number of nitrogens with zero attached hydrogens (tertiary/aromatic N) is 1. The van der Waals surface area contributed by atoms with E-state index in [9.17, 15) is 0 Å². The van der Waals surface area contributed by atoms with Gasteiger partial charge >= 0.3 is 0 Å². The van der Waals surface area contributed by atoms with Gasteiger partial charge in [-0.15, -0.1) is 0 Å². The third-order valence-corrected chi connectivity index (χ3v) is 3.49. The zero-order valence-corrected chi connectivity index (χ0v) is 11.2. The van der Waals surface area contributed by atoms with Crippen molar-refractivity contribution in [2.24, 2.45) is 0 Å². The van der Waals surface area contributed by atoms with Crippen LogP contribution >= 0.6 is 22.6 Å². The molecule has 1 heterocycles. The Morgan fingerprint density at radius 1 is 1.27 bits per heavy atom. The monoisotopic (exact) mass is 314 g/mol. The van der Waals surface area contributed by atoms with Gasteiger partial charge in [0.05, 0.1) is 3.70 Å². The molecule has 0 fully saturated rings. The van der Waals surface area contributed by atoms with Crippen LogP contribution in [0.4, 0.5) is 0 Å². The topological polar surface area (TPSA) is 19.0 Å². The second kappa shape index (κ2) is 4.53. The predicted octanol–water partition coefficient (Wildman–Crippen LogP) is 2.88. The summed E-state index contributed by atoms with van der Waals surface area (Å²) in [5.74, 6) is 0. The molecule has 1 aromatic heterocycles. The Balaban J connectivity index is 2.36. The Hall–Kier alpha value is -0.550. The standard InChI is InChI=1S/C12H15IN2/c1-15(2)8-7-10-9-5-3-4-6-11(9)14-12(10)13/h3-6,14H,7-8H2,1-2H3. The number of rotatable bonds is 3. The number of hydrogen-bond acceptors (Lipinski definition) is 1. The molecule has 80 valence electrons. The molecule has 0 spiro atoms. The van der Waals surface area contributed by atoms with Gasteiger partial charge in [-0.2, -0.15) is 0 Å². The van der Waals surface area contributed by atoms with Crippen molar-refractivity contribution in [2.45, 2.75) is 6.42 Å². The van der Waals surface area contributed by atoms with Crippen LogP contribution in [0.1, 0.15) is 5.56 Å². The van der Waals surface area contributed by atoms with Crippen LogP contribution in [0.2, 0.25) is 0 Å². The summed E-state index contributed by atoms with van der Waals surface area (Å²) >= 11 is 2.39. The van der Waals surface area contributed by atoms with E-state index < -0.39 is 0 Å². The van der Waals surface area contributed by atoms with E-state index in [4.69, 9.17) is 0 Å². The fraction of sp³-hybridized carbons (Fsp3) is 0.333. The second-order valence-corrected chi connectivity index (χ2v) is 5.10. The predicted molar refractivity (Wildman–Crippen MR) is 73.3 cm³/mol. The lowest BCUT2D eigenvalue weighted by molar-refractivity contribution is 0.414. The fourth-order valence-corrected chi connectivity index (χ4v) is 2.60. The first-order valence-corrected chi connectivity index (χ1v) is 6.16. The summed E-state index contributed by atoms with van der Waals surface area (Å²) in [6.45, 7) is 1.10. The number of fused-ring (bicyclic) bond motifs is 1. The van der Waals surface area contributed by atoms with Crippen LogP contribution in [0, 0.1) is 3.70 Å². The Labute approximate surface area is 104 Å². The van der Waals surface area contributed by atoms with Crippen LogP contribution in [0.5, 0.6) is 0 Å². The quantitative estimate of drug-likeness (QED) is 0.863. The van der Waals surface area contributed by atoms with Crippen LogP contribution in [0.3, 0.4) is 0 Å². The van der Waals surface area contributed by atoms with Crippen LogP contribution in [-0.2, 0) is 6.42 Å². The molecule has 2 nitrogen and oxygen atoms in total. The van der Waals surface area contributed by atoms with Crippen molar-refractivity contribution in [3.63, 3.8) is 0 Å². The summed E-state index contributed by atoms with van der Waals surface area (Å²) in [6, 6.07) is 8.51. The highest BCUT2D eigenvalue weighted by molar-refractivity contribution is 14.1. The fourth-order valence-electron chi connectivity index (χ4n) is 1.75. The smallest absolute Gasteiger partial charge is 0.0815 e. The summed E-state index contributed by atoms with van der Waals surface area (Å²) in [6.07, 6.45) is 1.11. The third kappa shape index (κ3) is 2.34. The number of nitrogens with one attached hydrogen (secondary N) is 1. The number of aromatic nitrogens is 1. The van der Waals surface area contributed by atoms with E-state index in [1.807, 2.05) is 0 Å². The minimum absolute atomic E-state index is 1.10. The highest BCUT2D eigenvalue weighted by Gasteiger charge is 2.08. The average molecular weight is 314 g/mol. The lowest BCUT2D eigenvalue weighted by Gasteiger charge is -2.08. The molecule has 0 radical (unpaired) electrons. The molecule has 1 N–H and O–H groups in total. The minimum atomic E-state index is 1.10. The highest BCUT2D eigenvalue weighted by atomic mass is 127. The number of H-pyrrole nitrogens is 1. The SMILES string of the molecule is CN(C)CCc1c(I)[nH]c2ccccc12. The average Bonchev–Trinajstić information content (AvgIpc) is 2.50. The Bertz CT molecular complexity index is 460. The van der Waals surface area contributed by atoms with E-state index in [1.165, 1.54) is 20.2 Å². The maximum absolute atomic E-state index is 3.42. The number of benzene rings is 1. The number of hydrogen-bond donors (Lipinski definition) is 1. The summed E-state index contributed by atoms with van der Waals surface area (Å²) in [7, 11) is 4.23. The first-order chi connectivity index (χ1) is 7.18. The summed E-state index contributed by atoms with van der Waals surface area (Å²) in [4.78, 5) is 5.64. The van der Waals surface area contributed by atoms with Crippen molar-refractivity contribution >= 4 is 33.5 Å². The van der Waals surface area contributed by atoms with Crippen molar-refractivity contribution in [3.8, 4) is 0 Å². The third-order valence-electron chi connectivity index (χ3n) is 2.57. The van der Waals surface area contributed by atoms with Gasteiger partial charge < -0.3 is 9.88 Å². The Morgan fingerprint density at radius 3 is 2.73 bits per heavy atom. The first kappa shape index (κ1) is 11.0. The summed E-state index contributed by atoms with van der Waals surface area (Å²) < 4.78 is 1.27. The van der Waals surface area contributed by atoms with Gasteiger partial charge in [-0.25, -0.2) is 0 Å². The molecule has 0 unspecified atom stereocenters. The summed E-state index contributed by atoms with van der Waals surface area (Å²) in [5.41, 5.74) is 2.69. The van der Waals surface area contributed by atoms with E-state index in [1.54, 1.807) is 0 Å². The van der Waals surface area contributed by atoms with Crippen LogP contribution in [0.15, 0.2) is 24.3 Å². The highest BCUT2D eigenvalue weighted by Crippen LogP contribution is 2.23. The second-order valence-electron chi connectivity index (χ2n) is 4.02. The maximum atomic E-state index is 3.42. The molecule has 0 bridgehead atoms. The molecule has 0 saturated carbocycles. The van der Waals surface area contributed by atoms with E-state index in [2.05, 4.69) is 70.8 Å². The van der Waals surface area contributed by atoms with Gasteiger partial charge in [0.15, 0.2) is 0 Å². The first-order valence-electron chi connectivity index (χ1n) is 5.08. The van der Waals surface area contributed by atoms with Crippen LogP contribution < -0.4 is 0 Å². The molecular weight excluding hydrogens is 299 g/mol. The number of para-hydroxylation sites is 1. The molecule has 0 aliphatic rings. The Kier molecular flexibility index (Phi) is 3.31. The number of likely N-dealkylation sites (N-methyl/N-ethyl adjacent to an activating group) is 1. The van der Waals surface area contributed by atoms with E-state index >= 15 is 0 Å². The van der Waals surface area contributed by atoms with Gasteiger partial charge in [0.2, 0.25) is 0 Å². The molecular formula is C12H15IN2. The minimum Gasteiger partial charge on any atom is -0.350 e. The van der Waals surface area contributed by atoms with Gasteiger partial charge in [-0.05, 0) is 54.7 Å². The van der Waals surface area contributed by atoms with Crippen molar-refractivity contribution in [1.29, 1.82) is 0 Å². The van der Waals surface area contributed by atoms with Gasteiger partial charge in [-0.3, -0.25) is 0 Å². The molecule has 0 aliphatic heterocycles. The number of halogens is 1. The lowest BCUT2D eigenvalue weighted by atomic mass is 10.1. The molecule has 2 aromatic rings. The van der Waals surface area contributed by atoms with E-state index in [0.717, 1.165) is 13.0 Å². The maximum Gasteiger partial charge on any atom is 0.0815 e. The molecule has 0 aliphatic carbocycles. The van der Waals surface area contributed by atoms with Gasteiger partial charge in [0.1, 0.15) is 0 Å². The van der Waals surface area contributed by atoms with Crippen molar-refractivity contribution in [3.05, 3.63) is 33.5 Å². The molecule has 0 saturated heterocycles. The normalized spacial score (nSPS) is 11.5. The number of aromatic amines is 1. The van der Waals surface area contributed by atoms with Crippen molar-refractivity contribution < 1.29 is 0 Å². The zero-order chi connectivity index (χ0) is 10.8.